The lowest BCUT2D eigenvalue weighted by Gasteiger charge is -2.32. The van der Waals surface area contributed by atoms with Crippen molar-refractivity contribution in [1.82, 2.24) is 10.2 Å². The van der Waals surface area contributed by atoms with Crippen molar-refractivity contribution in [3.05, 3.63) is 120 Å². The maximum atomic E-state index is 14.1. The summed E-state index contributed by atoms with van der Waals surface area (Å²) in [7, 11) is -4.16. The molecule has 8 nitrogen and oxygen atoms in total. The Kier molecular flexibility index (Phi) is 10.8. The van der Waals surface area contributed by atoms with Crippen molar-refractivity contribution < 1.29 is 22.7 Å². The van der Waals surface area contributed by atoms with Gasteiger partial charge in [-0.1, -0.05) is 74.5 Å². The van der Waals surface area contributed by atoms with E-state index in [0.717, 1.165) is 15.4 Å². The lowest BCUT2D eigenvalue weighted by atomic mass is 10.1. The van der Waals surface area contributed by atoms with Gasteiger partial charge in [-0.3, -0.25) is 13.9 Å². The van der Waals surface area contributed by atoms with E-state index < -0.39 is 28.5 Å². The Labute approximate surface area is 260 Å². The predicted molar refractivity (Wildman–Crippen MR) is 173 cm³/mol. The molecule has 0 aliphatic heterocycles. The normalized spacial score (nSPS) is 11.9. The summed E-state index contributed by atoms with van der Waals surface area (Å²) in [5, 5.41) is 2.91. The molecule has 0 saturated carbocycles. The zero-order valence-electron chi connectivity index (χ0n) is 25.5. The second-order valence-electron chi connectivity index (χ2n) is 11.0. The Bertz CT molecular complexity index is 1640. The SMILES string of the molecule is Cc1ccccc1CN(C(=O)CN(c1ccc(Oc2ccccc2)cc1)S(=O)(=O)c1ccccc1)[C@@H](C)C(=O)NCC(C)C. The molecule has 1 atom stereocenters. The summed E-state index contributed by atoms with van der Waals surface area (Å²) >= 11 is 0. The maximum Gasteiger partial charge on any atom is 0.264 e. The first-order valence-electron chi connectivity index (χ1n) is 14.6. The van der Waals surface area contributed by atoms with Gasteiger partial charge in [0.2, 0.25) is 11.8 Å². The van der Waals surface area contributed by atoms with Crippen LogP contribution in [-0.2, 0) is 26.2 Å². The van der Waals surface area contributed by atoms with Crippen molar-refractivity contribution in [2.24, 2.45) is 5.92 Å². The van der Waals surface area contributed by atoms with Gasteiger partial charge < -0.3 is 15.0 Å². The summed E-state index contributed by atoms with van der Waals surface area (Å²) in [4.78, 5) is 28.8. The number of hydrogen-bond donors (Lipinski definition) is 1. The number of para-hydroxylation sites is 1. The lowest BCUT2D eigenvalue weighted by molar-refractivity contribution is -0.139. The quantitative estimate of drug-likeness (QED) is 0.195. The predicted octanol–water partition coefficient (Wildman–Crippen LogP) is 6.17. The average Bonchev–Trinajstić information content (AvgIpc) is 3.03. The highest BCUT2D eigenvalue weighted by Gasteiger charge is 2.32. The highest BCUT2D eigenvalue weighted by molar-refractivity contribution is 7.92. The van der Waals surface area contributed by atoms with Crippen LogP contribution >= 0.6 is 0 Å². The molecular weight excluding hydrogens is 574 g/mol. The molecule has 0 spiro atoms. The molecule has 0 radical (unpaired) electrons. The van der Waals surface area contributed by atoms with Crippen molar-refractivity contribution in [2.75, 3.05) is 17.4 Å². The van der Waals surface area contributed by atoms with Crippen LogP contribution < -0.4 is 14.4 Å². The molecule has 230 valence electrons. The van der Waals surface area contributed by atoms with E-state index >= 15 is 0 Å². The Morgan fingerprint density at radius 3 is 1.95 bits per heavy atom. The third kappa shape index (κ3) is 8.26. The number of sulfonamides is 1. The summed E-state index contributed by atoms with van der Waals surface area (Å²) in [5.41, 5.74) is 2.11. The number of hydrogen-bond acceptors (Lipinski definition) is 5. The topological polar surface area (TPSA) is 96.0 Å². The number of nitrogens with zero attached hydrogens (tertiary/aromatic N) is 2. The Balaban J connectivity index is 1.69. The molecule has 0 unspecified atom stereocenters. The second-order valence-corrected chi connectivity index (χ2v) is 12.9. The van der Waals surface area contributed by atoms with Crippen molar-refractivity contribution in [1.29, 1.82) is 0 Å². The average molecular weight is 614 g/mol. The number of aryl methyl sites for hydroxylation is 1. The van der Waals surface area contributed by atoms with Crippen LogP contribution in [0.5, 0.6) is 11.5 Å². The molecular formula is C35H39N3O5S. The van der Waals surface area contributed by atoms with E-state index in [2.05, 4.69) is 5.32 Å². The van der Waals surface area contributed by atoms with Crippen LogP contribution in [0.4, 0.5) is 5.69 Å². The third-order valence-corrected chi connectivity index (χ3v) is 8.96. The molecule has 0 aliphatic carbocycles. The molecule has 0 fully saturated rings. The van der Waals surface area contributed by atoms with E-state index in [9.17, 15) is 18.0 Å². The molecule has 1 N–H and O–H groups in total. The molecule has 0 aromatic heterocycles. The lowest BCUT2D eigenvalue weighted by Crippen LogP contribution is -2.51. The van der Waals surface area contributed by atoms with E-state index in [0.29, 0.717) is 18.0 Å². The van der Waals surface area contributed by atoms with Crippen LogP contribution in [-0.4, -0.2) is 44.3 Å². The molecule has 0 heterocycles. The second kappa shape index (κ2) is 14.7. The molecule has 44 heavy (non-hydrogen) atoms. The molecule has 4 aromatic rings. The van der Waals surface area contributed by atoms with Crippen LogP contribution in [0.25, 0.3) is 0 Å². The number of nitrogens with one attached hydrogen (secondary N) is 1. The Hall–Kier alpha value is -4.63. The van der Waals surface area contributed by atoms with Crippen molar-refractivity contribution in [3.8, 4) is 11.5 Å². The van der Waals surface area contributed by atoms with Gasteiger partial charge in [0.05, 0.1) is 10.6 Å². The number of rotatable bonds is 13. The monoisotopic (exact) mass is 613 g/mol. The molecule has 0 saturated heterocycles. The van der Waals surface area contributed by atoms with Crippen LogP contribution in [0.3, 0.4) is 0 Å². The molecule has 4 rings (SSSR count). The molecule has 0 aliphatic rings. The van der Waals surface area contributed by atoms with Gasteiger partial charge in [-0.25, -0.2) is 8.42 Å². The minimum absolute atomic E-state index is 0.0468. The Morgan fingerprint density at radius 2 is 1.34 bits per heavy atom. The first-order valence-corrected chi connectivity index (χ1v) is 16.0. The summed E-state index contributed by atoms with van der Waals surface area (Å²) in [5.74, 6) is 0.567. The van der Waals surface area contributed by atoms with Crippen LogP contribution in [0.1, 0.15) is 31.9 Å². The number of amides is 2. The number of carbonyl (C=O) groups is 2. The minimum Gasteiger partial charge on any atom is -0.457 e. The van der Waals surface area contributed by atoms with Crippen molar-refractivity contribution in [3.63, 3.8) is 0 Å². The largest absolute Gasteiger partial charge is 0.457 e. The van der Waals surface area contributed by atoms with E-state index in [1.807, 2.05) is 75.4 Å². The molecule has 0 bridgehead atoms. The smallest absolute Gasteiger partial charge is 0.264 e. The fourth-order valence-electron chi connectivity index (χ4n) is 4.56. The first kappa shape index (κ1) is 32.3. The summed E-state index contributed by atoms with van der Waals surface area (Å²) in [6.45, 7) is 7.67. The zero-order valence-corrected chi connectivity index (χ0v) is 26.3. The van der Waals surface area contributed by atoms with Gasteiger partial charge in [0.15, 0.2) is 0 Å². The van der Waals surface area contributed by atoms with Gasteiger partial charge in [0.1, 0.15) is 24.1 Å². The summed E-state index contributed by atoms with van der Waals surface area (Å²) < 4.78 is 35.0. The van der Waals surface area contributed by atoms with Crippen molar-refractivity contribution >= 4 is 27.5 Å². The van der Waals surface area contributed by atoms with Crippen LogP contribution in [0.15, 0.2) is 114 Å². The summed E-state index contributed by atoms with van der Waals surface area (Å²) in [6, 6.07) is 30.5. The fourth-order valence-corrected chi connectivity index (χ4v) is 5.99. The van der Waals surface area contributed by atoms with Crippen LogP contribution in [0, 0.1) is 12.8 Å². The number of ether oxygens (including phenoxy) is 1. The number of benzene rings is 4. The van der Waals surface area contributed by atoms with E-state index in [4.69, 9.17) is 4.74 Å². The van der Waals surface area contributed by atoms with Crippen molar-refractivity contribution in [2.45, 2.75) is 45.2 Å². The Morgan fingerprint density at radius 1 is 0.773 bits per heavy atom. The third-order valence-electron chi connectivity index (χ3n) is 7.17. The van der Waals surface area contributed by atoms with Gasteiger partial charge in [0.25, 0.3) is 10.0 Å². The number of anilines is 1. The molecule has 9 heteroatoms. The van der Waals surface area contributed by atoms with E-state index in [-0.39, 0.29) is 29.0 Å². The standard InChI is InChI=1S/C35H39N3O5S/c1-26(2)23-36-35(40)28(4)37(24-29-14-12-11-13-27(29)3)34(39)25-38(44(41,42)33-17-9-6-10-18-33)30-19-21-32(22-20-30)43-31-15-7-5-8-16-31/h5-22,26,28H,23-25H2,1-4H3,(H,36,40)/t28-/m0/s1. The van der Waals surface area contributed by atoms with Gasteiger partial charge in [0, 0.05) is 13.1 Å². The number of carbonyl (C=O) groups excluding carboxylic acids is 2. The highest BCUT2D eigenvalue weighted by atomic mass is 32.2. The highest BCUT2D eigenvalue weighted by Crippen LogP contribution is 2.28. The fraction of sp³-hybridized carbons (Fsp3) is 0.257. The van der Waals surface area contributed by atoms with Gasteiger partial charge >= 0.3 is 0 Å². The van der Waals surface area contributed by atoms with Gasteiger partial charge in [-0.2, -0.15) is 0 Å². The molecule has 2 amide bonds. The van der Waals surface area contributed by atoms with Gasteiger partial charge in [-0.05, 0) is 79.4 Å². The molecule has 4 aromatic carbocycles. The zero-order chi connectivity index (χ0) is 31.7. The van der Waals surface area contributed by atoms with E-state index in [1.165, 1.54) is 17.0 Å². The van der Waals surface area contributed by atoms with E-state index in [1.54, 1.807) is 49.4 Å². The summed E-state index contributed by atoms with van der Waals surface area (Å²) in [6.07, 6.45) is 0. The van der Waals surface area contributed by atoms with Gasteiger partial charge in [-0.15, -0.1) is 0 Å². The van der Waals surface area contributed by atoms with Crippen LogP contribution in [0.2, 0.25) is 0 Å². The minimum atomic E-state index is -4.16. The first-order chi connectivity index (χ1) is 21.1. The maximum absolute atomic E-state index is 14.1.